The summed E-state index contributed by atoms with van der Waals surface area (Å²) in [6.45, 7) is 2.12. The number of nitrogen functional groups attached to an aromatic ring is 1. The zero-order valence-electron chi connectivity index (χ0n) is 11.3. The van der Waals surface area contributed by atoms with Crippen LogP contribution in [-0.2, 0) is 11.3 Å². The Kier molecular flexibility index (Phi) is 4.20. The SMILES string of the molecule is Cc1cccn(CCC(=O)Nc2ccc(N)cc2)c1=O. The summed E-state index contributed by atoms with van der Waals surface area (Å²) in [6, 6.07) is 10.5. The molecule has 20 heavy (non-hydrogen) atoms. The second-order valence-corrected chi connectivity index (χ2v) is 4.61. The summed E-state index contributed by atoms with van der Waals surface area (Å²) in [4.78, 5) is 23.6. The molecule has 0 fully saturated rings. The van der Waals surface area contributed by atoms with Crippen LogP contribution in [0.4, 0.5) is 11.4 Å². The van der Waals surface area contributed by atoms with Crippen LogP contribution in [0.2, 0.25) is 0 Å². The maximum absolute atomic E-state index is 11.8. The highest BCUT2D eigenvalue weighted by Gasteiger charge is 2.04. The summed E-state index contributed by atoms with van der Waals surface area (Å²) in [5.74, 6) is -0.136. The number of amides is 1. The van der Waals surface area contributed by atoms with Gasteiger partial charge in [0.1, 0.15) is 0 Å². The topological polar surface area (TPSA) is 77.1 Å². The van der Waals surface area contributed by atoms with E-state index in [4.69, 9.17) is 5.73 Å². The van der Waals surface area contributed by atoms with Crippen LogP contribution in [0.5, 0.6) is 0 Å². The van der Waals surface area contributed by atoms with Crippen LogP contribution >= 0.6 is 0 Å². The highest BCUT2D eigenvalue weighted by atomic mass is 16.1. The van der Waals surface area contributed by atoms with Gasteiger partial charge in [0.25, 0.3) is 5.56 Å². The molecule has 2 aromatic rings. The predicted molar refractivity (Wildman–Crippen MR) is 79.5 cm³/mol. The van der Waals surface area contributed by atoms with Gasteiger partial charge in [0.05, 0.1) is 0 Å². The molecule has 5 heteroatoms. The number of rotatable bonds is 4. The molecule has 0 spiro atoms. The molecule has 1 aromatic carbocycles. The summed E-state index contributed by atoms with van der Waals surface area (Å²) < 4.78 is 1.54. The first kappa shape index (κ1) is 13.9. The molecule has 1 heterocycles. The van der Waals surface area contributed by atoms with Gasteiger partial charge in [-0.1, -0.05) is 6.07 Å². The van der Waals surface area contributed by atoms with Crippen molar-refractivity contribution >= 4 is 17.3 Å². The van der Waals surface area contributed by atoms with Gasteiger partial charge in [-0.05, 0) is 37.3 Å². The van der Waals surface area contributed by atoms with Gasteiger partial charge in [0.2, 0.25) is 5.91 Å². The van der Waals surface area contributed by atoms with Crippen molar-refractivity contribution in [3.63, 3.8) is 0 Å². The smallest absolute Gasteiger partial charge is 0.253 e. The molecule has 0 saturated carbocycles. The van der Waals surface area contributed by atoms with E-state index in [2.05, 4.69) is 5.32 Å². The van der Waals surface area contributed by atoms with E-state index in [1.54, 1.807) is 49.5 Å². The molecule has 104 valence electrons. The molecule has 1 aromatic heterocycles. The Balaban J connectivity index is 1.94. The molecule has 3 N–H and O–H groups in total. The number of aromatic nitrogens is 1. The van der Waals surface area contributed by atoms with E-state index in [1.807, 2.05) is 0 Å². The van der Waals surface area contributed by atoms with Crippen molar-refractivity contribution in [2.24, 2.45) is 0 Å². The number of nitrogens with one attached hydrogen (secondary N) is 1. The molecule has 0 radical (unpaired) electrons. The lowest BCUT2D eigenvalue weighted by Gasteiger charge is -2.08. The van der Waals surface area contributed by atoms with E-state index in [1.165, 1.54) is 4.57 Å². The first-order valence-electron chi connectivity index (χ1n) is 6.38. The lowest BCUT2D eigenvalue weighted by atomic mass is 10.2. The Hall–Kier alpha value is -2.56. The fourth-order valence-electron chi connectivity index (χ4n) is 1.84. The maximum Gasteiger partial charge on any atom is 0.253 e. The van der Waals surface area contributed by atoms with Crippen LogP contribution in [0, 0.1) is 6.92 Å². The van der Waals surface area contributed by atoms with Crippen molar-refractivity contribution in [3.05, 3.63) is 58.5 Å². The van der Waals surface area contributed by atoms with Gasteiger partial charge in [-0.15, -0.1) is 0 Å². The van der Waals surface area contributed by atoms with Crippen LogP contribution < -0.4 is 16.6 Å². The number of benzene rings is 1. The van der Waals surface area contributed by atoms with E-state index < -0.39 is 0 Å². The van der Waals surface area contributed by atoms with Crippen LogP contribution in [-0.4, -0.2) is 10.5 Å². The first-order valence-corrected chi connectivity index (χ1v) is 6.38. The maximum atomic E-state index is 11.8. The Morgan fingerprint density at radius 2 is 1.95 bits per heavy atom. The number of nitrogens with two attached hydrogens (primary N) is 1. The van der Waals surface area contributed by atoms with Crippen molar-refractivity contribution in [1.29, 1.82) is 0 Å². The summed E-state index contributed by atoms with van der Waals surface area (Å²) in [5.41, 5.74) is 7.53. The average Bonchev–Trinajstić information content (AvgIpc) is 2.43. The summed E-state index contributed by atoms with van der Waals surface area (Å²) >= 11 is 0. The third kappa shape index (κ3) is 3.47. The van der Waals surface area contributed by atoms with Crippen molar-refractivity contribution in [3.8, 4) is 0 Å². The molecule has 0 saturated heterocycles. The second kappa shape index (κ2) is 6.06. The number of carbonyl (C=O) groups is 1. The minimum absolute atomic E-state index is 0.0622. The number of hydrogen-bond acceptors (Lipinski definition) is 3. The van der Waals surface area contributed by atoms with Gasteiger partial charge in [-0.3, -0.25) is 9.59 Å². The standard InChI is InChI=1S/C15H17N3O2/c1-11-3-2-9-18(15(11)20)10-8-14(19)17-13-6-4-12(16)5-7-13/h2-7,9H,8,10,16H2,1H3,(H,17,19). The molecule has 0 bridgehead atoms. The fourth-order valence-corrected chi connectivity index (χ4v) is 1.84. The normalized spacial score (nSPS) is 10.2. The zero-order valence-corrected chi connectivity index (χ0v) is 11.3. The van der Waals surface area contributed by atoms with Crippen LogP contribution in [0.1, 0.15) is 12.0 Å². The van der Waals surface area contributed by atoms with E-state index in [-0.39, 0.29) is 17.9 Å². The largest absolute Gasteiger partial charge is 0.399 e. The third-order valence-corrected chi connectivity index (χ3v) is 2.98. The Bertz CT molecular complexity index is 660. The minimum atomic E-state index is -0.136. The summed E-state index contributed by atoms with van der Waals surface area (Å²) in [5, 5.41) is 2.76. The van der Waals surface area contributed by atoms with Gasteiger partial charge in [0, 0.05) is 36.1 Å². The van der Waals surface area contributed by atoms with Crippen molar-refractivity contribution in [2.45, 2.75) is 19.9 Å². The highest BCUT2D eigenvalue weighted by molar-refractivity contribution is 5.90. The Morgan fingerprint density at radius 3 is 2.65 bits per heavy atom. The molecule has 1 amide bonds. The van der Waals surface area contributed by atoms with Gasteiger partial charge in [-0.2, -0.15) is 0 Å². The van der Waals surface area contributed by atoms with Crippen molar-refractivity contribution in [1.82, 2.24) is 4.57 Å². The van der Waals surface area contributed by atoms with Crippen LogP contribution in [0.3, 0.4) is 0 Å². The first-order chi connectivity index (χ1) is 9.56. The molecule has 2 rings (SSSR count). The van der Waals surface area contributed by atoms with Gasteiger partial charge < -0.3 is 15.6 Å². The van der Waals surface area contributed by atoms with E-state index in [0.29, 0.717) is 23.5 Å². The Labute approximate surface area is 117 Å². The van der Waals surface area contributed by atoms with Crippen LogP contribution in [0.15, 0.2) is 47.4 Å². The van der Waals surface area contributed by atoms with Crippen LogP contribution in [0.25, 0.3) is 0 Å². The molecule has 0 aliphatic carbocycles. The number of nitrogens with zero attached hydrogens (tertiary/aromatic N) is 1. The molecule has 0 aliphatic rings. The van der Waals surface area contributed by atoms with Crippen molar-refractivity contribution < 1.29 is 4.79 Å². The second-order valence-electron chi connectivity index (χ2n) is 4.61. The molecule has 0 atom stereocenters. The lowest BCUT2D eigenvalue weighted by Crippen LogP contribution is -2.24. The number of aryl methyl sites for hydroxylation is 2. The van der Waals surface area contributed by atoms with E-state index in [0.717, 1.165) is 0 Å². The average molecular weight is 271 g/mol. The quantitative estimate of drug-likeness (QED) is 0.832. The van der Waals surface area contributed by atoms with Crippen molar-refractivity contribution in [2.75, 3.05) is 11.1 Å². The zero-order chi connectivity index (χ0) is 14.5. The number of anilines is 2. The molecule has 0 unspecified atom stereocenters. The van der Waals surface area contributed by atoms with Gasteiger partial charge in [0.15, 0.2) is 0 Å². The molecule has 5 nitrogen and oxygen atoms in total. The Morgan fingerprint density at radius 1 is 1.25 bits per heavy atom. The number of carbonyl (C=O) groups excluding carboxylic acids is 1. The molecular formula is C15H17N3O2. The third-order valence-electron chi connectivity index (χ3n) is 2.98. The van der Waals surface area contributed by atoms with Gasteiger partial charge >= 0.3 is 0 Å². The summed E-state index contributed by atoms with van der Waals surface area (Å²) in [7, 11) is 0. The number of hydrogen-bond donors (Lipinski definition) is 2. The molecule has 0 aliphatic heterocycles. The number of pyridine rings is 1. The highest BCUT2D eigenvalue weighted by Crippen LogP contribution is 2.10. The monoisotopic (exact) mass is 271 g/mol. The lowest BCUT2D eigenvalue weighted by molar-refractivity contribution is -0.116. The van der Waals surface area contributed by atoms with E-state index >= 15 is 0 Å². The van der Waals surface area contributed by atoms with E-state index in [9.17, 15) is 9.59 Å². The summed E-state index contributed by atoms with van der Waals surface area (Å²) in [6.07, 6.45) is 1.93. The molecular weight excluding hydrogens is 254 g/mol. The fraction of sp³-hybridized carbons (Fsp3) is 0.200. The predicted octanol–water partition coefficient (Wildman–Crippen LogP) is 1.77. The van der Waals surface area contributed by atoms with Gasteiger partial charge in [-0.25, -0.2) is 0 Å². The minimum Gasteiger partial charge on any atom is -0.399 e.